The van der Waals surface area contributed by atoms with Crippen LogP contribution in [-0.4, -0.2) is 18.5 Å². The maximum Gasteiger partial charge on any atom is 0.348 e. The summed E-state index contributed by atoms with van der Waals surface area (Å²) in [6.07, 6.45) is 0. The molecule has 1 amide bonds. The molecule has 0 atom stereocenters. The number of fused-ring (bicyclic) bond motifs is 1. The molecule has 0 radical (unpaired) electrons. The zero-order valence-electron chi connectivity index (χ0n) is 11.9. The number of esters is 1. The number of thiophene rings is 1. The molecule has 3 rings (SSSR count). The van der Waals surface area contributed by atoms with Crippen molar-refractivity contribution in [2.45, 2.75) is 0 Å². The Labute approximate surface area is 141 Å². The first kappa shape index (κ1) is 15.5. The van der Waals surface area contributed by atoms with E-state index in [2.05, 4.69) is 5.32 Å². The number of hydrogen-bond acceptors (Lipinski definition) is 4. The topological polar surface area (TPSA) is 55.4 Å². The third kappa shape index (κ3) is 3.88. The van der Waals surface area contributed by atoms with E-state index in [1.165, 1.54) is 0 Å². The fourth-order valence-electron chi connectivity index (χ4n) is 2.09. The van der Waals surface area contributed by atoms with E-state index in [0.29, 0.717) is 14.9 Å². The van der Waals surface area contributed by atoms with E-state index in [1.807, 2.05) is 36.4 Å². The van der Waals surface area contributed by atoms with Gasteiger partial charge in [0, 0.05) is 5.69 Å². The van der Waals surface area contributed by atoms with Crippen LogP contribution in [0.5, 0.6) is 0 Å². The van der Waals surface area contributed by atoms with Crippen molar-refractivity contribution in [3.05, 3.63) is 63.8 Å². The minimum atomic E-state index is -0.560. The lowest BCUT2D eigenvalue weighted by Crippen LogP contribution is -2.20. The zero-order valence-corrected chi connectivity index (χ0v) is 13.5. The zero-order chi connectivity index (χ0) is 16.2. The van der Waals surface area contributed by atoms with Gasteiger partial charge in [0.25, 0.3) is 5.91 Å². The highest BCUT2D eigenvalue weighted by Crippen LogP contribution is 2.22. The molecular formula is C17H12ClNO3S. The van der Waals surface area contributed by atoms with E-state index in [0.717, 1.165) is 22.1 Å². The van der Waals surface area contributed by atoms with Gasteiger partial charge in [0.05, 0.1) is 4.34 Å². The number of rotatable bonds is 4. The number of benzene rings is 2. The van der Waals surface area contributed by atoms with Gasteiger partial charge in [0.2, 0.25) is 0 Å². The van der Waals surface area contributed by atoms with E-state index in [-0.39, 0.29) is 6.61 Å². The van der Waals surface area contributed by atoms with Crippen LogP contribution in [0, 0.1) is 0 Å². The number of halogens is 1. The largest absolute Gasteiger partial charge is 0.451 e. The normalized spacial score (nSPS) is 10.5. The highest BCUT2D eigenvalue weighted by Gasteiger charge is 2.12. The molecule has 0 saturated carbocycles. The average molecular weight is 346 g/mol. The molecule has 1 heterocycles. The molecule has 0 unspecified atom stereocenters. The highest BCUT2D eigenvalue weighted by atomic mass is 35.5. The number of nitrogens with one attached hydrogen (secondary N) is 1. The lowest BCUT2D eigenvalue weighted by Gasteiger charge is -2.07. The Morgan fingerprint density at radius 2 is 1.83 bits per heavy atom. The summed E-state index contributed by atoms with van der Waals surface area (Å²) in [5, 5.41) is 4.82. The van der Waals surface area contributed by atoms with Gasteiger partial charge in [-0.05, 0) is 35.0 Å². The lowest BCUT2D eigenvalue weighted by atomic mass is 10.1. The third-order valence-electron chi connectivity index (χ3n) is 3.14. The fraction of sp³-hybridized carbons (Fsp3) is 0.0588. The standard InChI is InChI=1S/C17H12ClNO3S/c18-15-8-7-14(23-15)17(21)22-10-16(20)19-13-6-5-11-3-1-2-4-12(11)9-13/h1-9H,10H2,(H,19,20). The van der Waals surface area contributed by atoms with Crippen molar-refractivity contribution < 1.29 is 14.3 Å². The van der Waals surface area contributed by atoms with Crippen LogP contribution in [0.3, 0.4) is 0 Å². The first-order chi connectivity index (χ1) is 11.1. The summed E-state index contributed by atoms with van der Waals surface area (Å²) in [5.41, 5.74) is 0.656. The average Bonchev–Trinajstić information content (AvgIpc) is 2.99. The van der Waals surface area contributed by atoms with Crippen LogP contribution in [0.4, 0.5) is 5.69 Å². The molecule has 0 saturated heterocycles. The first-order valence-electron chi connectivity index (χ1n) is 6.83. The van der Waals surface area contributed by atoms with Crippen LogP contribution in [0.25, 0.3) is 10.8 Å². The monoisotopic (exact) mass is 345 g/mol. The van der Waals surface area contributed by atoms with Crippen molar-refractivity contribution >= 4 is 51.3 Å². The number of carbonyl (C=O) groups is 2. The van der Waals surface area contributed by atoms with E-state index in [1.54, 1.807) is 18.2 Å². The van der Waals surface area contributed by atoms with Gasteiger partial charge in [-0.1, -0.05) is 41.9 Å². The highest BCUT2D eigenvalue weighted by molar-refractivity contribution is 7.17. The molecule has 0 fully saturated rings. The fourth-order valence-corrected chi connectivity index (χ4v) is 3.03. The lowest BCUT2D eigenvalue weighted by molar-refractivity contribution is -0.119. The Hall–Kier alpha value is -2.37. The summed E-state index contributed by atoms with van der Waals surface area (Å²) in [6.45, 7) is -0.346. The summed E-state index contributed by atoms with van der Waals surface area (Å²) in [4.78, 5) is 24.0. The number of anilines is 1. The molecule has 0 aliphatic rings. The van der Waals surface area contributed by atoms with Crippen molar-refractivity contribution in [2.24, 2.45) is 0 Å². The maximum absolute atomic E-state index is 11.9. The predicted octanol–water partition coefficient (Wildman–Crippen LogP) is 4.35. The molecule has 0 aliphatic heterocycles. The smallest absolute Gasteiger partial charge is 0.348 e. The summed E-state index contributed by atoms with van der Waals surface area (Å²) >= 11 is 6.87. The van der Waals surface area contributed by atoms with Crippen molar-refractivity contribution in [3.63, 3.8) is 0 Å². The van der Waals surface area contributed by atoms with Crippen molar-refractivity contribution in [1.82, 2.24) is 0 Å². The van der Waals surface area contributed by atoms with Crippen molar-refractivity contribution in [1.29, 1.82) is 0 Å². The second-order valence-corrected chi connectivity index (χ2v) is 6.51. The number of carbonyl (C=O) groups excluding carboxylic acids is 2. The van der Waals surface area contributed by atoms with Gasteiger partial charge in [-0.25, -0.2) is 4.79 Å². The Morgan fingerprint density at radius 1 is 1.04 bits per heavy atom. The van der Waals surface area contributed by atoms with Gasteiger partial charge < -0.3 is 10.1 Å². The summed E-state index contributed by atoms with van der Waals surface area (Å²) in [5.74, 6) is -0.952. The van der Waals surface area contributed by atoms with Gasteiger partial charge in [-0.3, -0.25) is 4.79 Å². The molecule has 116 valence electrons. The molecule has 0 aliphatic carbocycles. The van der Waals surface area contributed by atoms with Gasteiger partial charge in [-0.2, -0.15) is 0 Å². The Morgan fingerprint density at radius 3 is 2.57 bits per heavy atom. The molecule has 2 aromatic carbocycles. The van der Waals surface area contributed by atoms with Crippen LogP contribution < -0.4 is 5.32 Å². The third-order valence-corrected chi connectivity index (χ3v) is 4.35. The minimum Gasteiger partial charge on any atom is -0.451 e. The molecule has 23 heavy (non-hydrogen) atoms. The second-order valence-electron chi connectivity index (χ2n) is 4.79. The van der Waals surface area contributed by atoms with E-state index in [9.17, 15) is 9.59 Å². The molecule has 0 bridgehead atoms. The molecule has 1 N–H and O–H groups in total. The quantitative estimate of drug-likeness (QED) is 0.715. The van der Waals surface area contributed by atoms with E-state index >= 15 is 0 Å². The Balaban J connectivity index is 1.59. The van der Waals surface area contributed by atoms with Crippen molar-refractivity contribution in [3.8, 4) is 0 Å². The molecule has 1 aromatic heterocycles. The summed E-state index contributed by atoms with van der Waals surface area (Å²) < 4.78 is 5.46. The Bertz CT molecular complexity index is 875. The van der Waals surface area contributed by atoms with Gasteiger partial charge in [0.1, 0.15) is 4.88 Å². The van der Waals surface area contributed by atoms with Crippen LogP contribution in [0.2, 0.25) is 4.34 Å². The van der Waals surface area contributed by atoms with Gasteiger partial charge in [0.15, 0.2) is 6.61 Å². The SMILES string of the molecule is O=C(COC(=O)c1ccc(Cl)s1)Nc1ccc2ccccc2c1. The first-order valence-corrected chi connectivity index (χ1v) is 8.02. The number of amides is 1. The molecule has 0 spiro atoms. The van der Waals surface area contributed by atoms with Gasteiger partial charge >= 0.3 is 5.97 Å². The summed E-state index contributed by atoms with van der Waals surface area (Å²) in [7, 11) is 0. The van der Waals surface area contributed by atoms with E-state index < -0.39 is 11.9 Å². The predicted molar refractivity (Wildman–Crippen MR) is 92.2 cm³/mol. The van der Waals surface area contributed by atoms with Crippen LogP contribution >= 0.6 is 22.9 Å². The van der Waals surface area contributed by atoms with Crippen LogP contribution in [0.15, 0.2) is 54.6 Å². The second kappa shape index (κ2) is 6.81. The van der Waals surface area contributed by atoms with E-state index in [4.69, 9.17) is 16.3 Å². The Kier molecular flexibility index (Phi) is 4.60. The number of ether oxygens (including phenoxy) is 1. The molecule has 4 nitrogen and oxygen atoms in total. The molecule has 3 aromatic rings. The van der Waals surface area contributed by atoms with Gasteiger partial charge in [-0.15, -0.1) is 11.3 Å². The minimum absolute atomic E-state index is 0.346. The molecular weight excluding hydrogens is 334 g/mol. The molecule has 6 heteroatoms. The summed E-state index contributed by atoms with van der Waals surface area (Å²) in [6, 6.07) is 16.6. The van der Waals surface area contributed by atoms with Crippen LogP contribution in [-0.2, 0) is 9.53 Å². The number of hydrogen-bond donors (Lipinski definition) is 1. The van der Waals surface area contributed by atoms with Crippen molar-refractivity contribution in [2.75, 3.05) is 11.9 Å². The maximum atomic E-state index is 11.9. The van der Waals surface area contributed by atoms with Crippen LogP contribution in [0.1, 0.15) is 9.67 Å².